The molecule has 10 heteroatoms. The lowest BCUT2D eigenvalue weighted by molar-refractivity contribution is -0.384. The number of carbonyl (C=O) groups excluding carboxylic acids is 2. The minimum absolute atomic E-state index is 0.0401. The second kappa shape index (κ2) is 10.1. The van der Waals surface area contributed by atoms with E-state index in [9.17, 15) is 19.7 Å². The second-order valence-electron chi connectivity index (χ2n) is 6.55. The van der Waals surface area contributed by atoms with Gasteiger partial charge in [-0.05, 0) is 30.3 Å². The molecule has 1 aliphatic rings. The first-order chi connectivity index (χ1) is 14.4. The number of hydrogen-bond donors (Lipinski definition) is 0. The molecule has 1 saturated heterocycles. The van der Waals surface area contributed by atoms with Gasteiger partial charge in [-0.15, -0.1) is 0 Å². The number of anilines is 1. The summed E-state index contributed by atoms with van der Waals surface area (Å²) in [7, 11) is 0. The molecule has 1 amide bonds. The Bertz CT molecular complexity index is 913. The van der Waals surface area contributed by atoms with E-state index in [1.165, 1.54) is 12.1 Å². The number of hydrogen-bond acceptors (Lipinski definition) is 7. The Morgan fingerprint density at radius 3 is 2.37 bits per heavy atom. The topological polar surface area (TPSA) is 102 Å². The fourth-order valence-corrected chi connectivity index (χ4v) is 3.35. The van der Waals surface area contributed by atoms with Gasteiger partial charge >= 0.3 is 5.97 Å². The average Bonchev–Trinajstić information content (AvgIpc) is 2.76. The number of nitro benzene ring substituents is 1. The Kier molecular flexibility index (Phi) is 7.23. The zero-order chi connectivity index (χ0) is 21.5. The Labute approximate surface area is 181 Å². The molecular formula is C20H20BrN3O6. The van der Waals surface area contributed by atoms with Crippen LogP contribution in [0.3, 0.4) is 0 Å². The first-order valence-electron chi connectivity index (χ1n) is 9.23. The Morgan fingerprint density at radius 2 is 1.73 bits per heavy atom. The highest BCUT2D eigenvalue weighted by atomic mass is 79.9. The number of carbonyl (C=O) groups is 2. The number of halogens is 1. The first kappa shape index (κ1) is 21.6. The van der Waals surface area contributed by atoms with Gasteiger partial charge in [0.1, 0.15) is 5.75 Å². The molecule has 0 unspecified atom stereocenters. The quantitative estimate of drug-likeness (QED) is 0.343. The molecule has 158 valence electrons. The minimum Gasteiger partial charge on any atom is -0.482 e. The Hall–Kier alpha value is -3.14. The molecule has 2 aromatic rings. The van der Waals surface area contributed by atoms with Crippen molar-refractivity contribution >= 4 is 39.2 Å². The van der Waals surface area contributed by atoms with Gasteiger partial charge in [-0.2, -0.15) is 0 Å². The van der Waals surface area contributed by atoms with Crippen LogP contribution < -0.4 is 9.64 Å². The molecular weight excluding hydrogens is 458 g/mol. The number of rotatable bonds is 7. The fraction of sp³-hybridized carbons (Fsp3) is 0.300. The lowest BCUT2D eigenvalue weighted by Gasteiger charge is -2.36. The number of nitrogens with zero attached hydrogens (tertiary/aromatic N) is 3. The van der Waals surface area contributed by atoms with E-state index in [0.717, 1.165) is 10.2 Å². The largest absolute Gasteiger partial charge is 0.482 e. The van der Waals surface area contributed by atoms with Crippen LogP contribution in [-0.4, -0.2) is 61.1 Å². The molecule has 1 heterocycles. The molecule has 0 radical (unpaired) electrons. The van der Waals surface area contributed by atoms with Crippen LogP contribution in [0, 0.1) is 10.1 Å². The van der Waals surface area contributed by atoms with E-state index in [0.29, 0.717) is 31.9 Å². The second-order valence-corrected chi connectivity index (χ2v) is 7.46. The Morgan fingerprint density at radius 1 is 1.03 bits per heavy atom. The van der Waals surface area contributed by atoms with E-state index in [2.05, 4.69) is 15.9 Å². The summed E-state index contributed by atoms with van der Waals surface area (Å²) in [6.45, 7) is 1.51. The summed E-state index contributed by atoms with van der Waals surface area (Å²) in [6.07, 6.45) is 0. The molecule has 0 bridgehead atoms. The molecule has 1 fully saturated rings. The Balaban J connectivity index is 1.39. The number of piperazine rings is 1. The molecule has 2 aromatic carbocycles. The van der Waals surface area contributed by atoms with Gasteiger partial charge in [0, 0.05) is 48.5 Å². The molecule has 0 aliphatic carbocycles. The van der Waals surface area contributed by atoms with Gasteiger partial charge in [0.15, 0.2) is 13.2 Å². The van der Waals surface area contributed by atoms with Crippen molar-refractivity contribution in [1.29, 1.82) is 0 Å². The van der Waals surface area contributed by atoms with Gasteiger partial charge in [0.05, 0.1) is 4.92 Å². The molecule has 3 rings (SSSR count). The zero-order valence-corrected chi connectivity index (χ0v) is 17.6. The SMILES string of the molecule is O=C(COc1cccc(Br)c1)OCC(=O)N1CCN(c2ccc([N+](=O)[O-])cc2)CC1. The van der Waals surface area contributed by atoms with Crippen LogP contribution >= 0.6 is 15.9 Å². The predicted octanol–water partition coefficient (Wildman–Crippen LogP) is 2.63. The molecule has 30 heavy (non-hydrogen) atoms. The van der Waals surface area contributed by atoms with E-state index in [1.807, 2.05) is 11.0 Å². The van der Waals surface area contributed by atoms with Crippen LogP contribution in [0.25, 0.3) is 0 Å². The maximum Gasteiger partial charge on any atom is 0.344 e. The molecule has 0 spiro atoms. The maximum absolute atomic E-state index is 12.3. The van der Waals surface area contributed by atoms with Crippen LogP contribution in [0.4, 0.5) is 11.4 Å². The van der Waals surface area contributed by atoms with Crippen molar-refractivity contribution < 1.29 is 24.0 Å². The zero-order valence-electron chi connectivity index (χ0n) is 16.0. The minimum atomic E-state index is -0.618. The van der Waals surface area contributed by atoms with Crippen molar-refractivity contribution in [2.24, 2.45) is 0 Å². The van der Waals surface area contributed by atoms with Gasteiger partial charge in [-0.1, -0.05) is 22.0 Å². The number of esters is 1. The average molecular weight is 478 g/mol. The molecule has 0 aromatic heterocycles. The molecule has 0 N–H and O–H groups in total. The van der Waals surface area contributed by atoms with E-state index in [4.69, 9.17) is 9.47 Å². The number of amides is 1. The van der Waals surface area contributed by atoms with Crippen LogP contribution in [0.15, 0.2) is 53.0 Å². The van der Waals surface area contributed by atoms with E-state index in [-0.39, 0.29) is 24.8 Å². The van der Waals surface area contributed by atoms with Crippen molar-refractivity contribution in [3.05, 3.63) is 63.1 Å². The number of nitro groups is 1. The van der Waals surface area contributed by atoms with Crippen LogP contribution in [0.2, 0.25) is 0 Å². The molecule has 0 atom stereocenters. The van der Waals surface area contributed by atoms with E-state index < -0.39 is 10.9 Å². The monoisotopic (exact) mass is 477 g/mol. The molecule has 1 aliphatic heterocycles. The number of ether oxygens (including phenoxy) is 2. The normalized spacial score (nSPS) is 13.6. The van der Waals surface area contributed by atoms with Gasteiger partial charge in [0.2, 0.25) is 0 Å². The van der Waals surface area contributed by atoms with Crippen LogP contribution in [-0.2, 0) is 14.3 Å². The summed E-state index contributed by atoms with van der Waals surface area (Å²) < 4.78 is 11.2. The molecule has 0 saturated carbocycles. The lowest BCUT2D eigenvalue weighted by atomic mass is 10.2. The summed E-state index contributed by atoms with van der Waals surface area (Å²) in [5.74, 6) is -0.364. The third-order valence-electron chi connectivity index (χ3n) is 4.57. The van der Waals surface area contributed by atoms with Gasteiger partial charge in [0.25, 0.3) is 11.6 Å². The van der Waals surface area contributed by atoms with Crippen LogP contribution in [0.1, 0.15) is 0 Å². The molecule has 9 nitrogen and oxygen atoms in total. The van der Waals surface area contributed by atoms with Crippen LogP contribution in [0.5, 0.6) is 5.75 Å². The van der Waals surface area contributed by atoms with Crippen molar-refractivity contribution in [2.45, 2.75) is 0 Å². The fourth-order valence-electron chi connectivity index (χ4n) is 2.97. The maximum atomic E-state index is 12.3. The van der Waals surface area contributed by atoms with Gasteiger partial charge in [-0.25, -0.2) is 4.79 Å². The third-order valence-corrected chi connectivity index (χ3v) is 5.06. The first-order valence-corrected chi connectivity index (χ1v) is 10.0. The number of non-ortho nitro benzene ring substituents is 1. The van der Waals surface area contributed by atoms with Crippen molar-refractivity contribution in [2.75, 3.05) is 44.3 Å². The van der Waals surface area contributed by atoms with E-state index in [1.54, 1.807) is 35.2 Å². The predicted molar refractivity (Wildman–Crippen MR) is 112 cm³/mol. The van der Waals surface area contributed by atoms with Crippen molar-refractivity contribution in [3.63, 3.8) is 0 Å². The highest BCUT2D eigenvalue weighted by molar-refractivity contribution is 9.10. The number of benzene rings is 2. The highest BCUT2D eigenvalue weighted by Gasteiger charge is 2.22. The summed E-state index contributed by atoms with van der Waals surface area (Å²) in [6, 6.07) is 13.4. The summed E-state index contributed by atoms with van der Waals surface area (Å²) in [4.78, 5) is 38.1. The van der Waals surface area contributed by atoms with Crippen molar-refractivity contribution in [1.82, 2.24) is 4.90 Å². The third kappa shape index (κ3) is 5.93. The highest BCUT2D eigenvalue weighted by Crippen LogP contribution is 2.21. The lowest BCUT2D eigenvalue weighted by Crippen LogP contribution is -2.50. The smallest absolute Gasteiger partial charge is 0.344 e. The standard InChI is InChI=1S/C20H20BrN3O6/c21-15-2-1-3-18(12-15)29-14-20(26)30-13-19(25)23-10-8-22(9-11-23)16-4-6-17(7-5-16)24(27)28/h1-7,12H,8-11,13-14H2. The summed E-state index contributed by atoms with van der Waals surface area (Å²) in [5, 5.41) is 10.7. The van der Waals surface area contributed by atoms with Gasteiger partial charge < -0.3 is 19.3 Å². The summed E-state index contributed by atoms with van der Waals surface area (Å²) >= 11 is 3.31. The van der Waals surface area contributed by atoms with Crippen molar-refractivity contribution in [3.8, 4) is 5.75 Å². The summed E-state index contributed by atoms with van der Waals surface area (Å²) in [5.41, 5.74) is 0.905. The van der Waals surface area contributed by atoms with E-state index >= 15 is 0 Å². The van der Waals surface area contributed by atoms with Gasteiger partial charge in [-0.3, -0.25) is 14.9 Å².